The number of nitrogens with one attached hydrogen (secondary N) is 1. The molecule has 1 N–H and O–H groups in total. The van der Waals surface area contributed by atoms with Crippen molar-refractivity contribution in [3.63, 3.8) is 0 Å². The van der Waals surface area contributed by atoms with E-state index in [1.807, 2.05) is 53.4 Å². The quantitative estimate of drug-likeness (QED) is 0.391. The van der Waals surface area contributed by atoms with Gasteiger partial charge in [-0.2, -0.15) is 0 Å². The summed E-state index contributed by atoms with van der Waals surface area (Å²) in [5.74, 6) is 3.12. The van der Waals surface area contributed by atoms with E-state index in [-0.39, 0.29) is 5.91 Å². The zero-order valence-electron chi connectivity index (χ0n) is 21.3. The van der Waals surface area contributed by atoms with Gasteiger partial charge in [0.25, 0.3) is 5.91 Å². The monoisotopic (exact) mass is 497 g/mol. The van der Waals surface area contributed by atoms with Crippen molar-refractivity contribution in [3.8, 4) is 23.0 Å². The molecule has 2 aliphatic rings. The van der Waals surface area contributed by atoms with Crippen molar-refractivity contribution in [3.05, 3.63) is 83.0 Å². The summed E-state index contributed by atoms with van der Waals surface area (Å²) in [4.78, 5) is 21.0. The molecular formula is C30H31N3O4. The van der Waals surface area contributed by atoms with E-state index >= 15 is 0 Å². The normalized spacial score (nSPS) is 15.4. The first-order valence-electron chi connectivity index (χ1n) is 12.8. The average molecular weight is 498 g/mol. The Morgan fingerprint density at radius 1 is 0.919 bits per heavy atom. The lowest BCUT2D eigenvalue weighted by molar-refractivity contribution is 0.0638. The van der Waals surface area contributed by atoms with Gasteiger partial charge in [-0.25, -0.2) is 0 Å². The molecule has 7 nitrogen and oxygen atoms in total. The van der Waals surface area contributed by atoms with Crippen LogP contribution < -0.4 is 14.2 Å². The summed E-state index contributed by atoms with van der Waals surface area (Å²) in [5, 5.41) is 1.15. The summed E-state index contributed by atoms with van der Waals surface area (Å²) in [6, 6.07) is 19.7. The van der Waals surface area contributed by atoms with Crippen LogP contribution in [0.15, 0.2) is 60.7 Å². The summed E-state index contributed by atoms with van der Waals surface area (Å²) in [6.07, 6.45) is 0.942. The number of carbonyl (C=O) groups is 1. The molecule has 3 aromatic carbocycles. The van der Waals surface area contributed by atoms with Crippen molar-refractivity contribution in [2.45, 2.75) is 20.3 Å². The summed E-state index contributed by atoms with van der Waals surface area (Å²) in [6.45, 7) is 8.59. The molecule has 0 bridgehead atoms. The highest BCUT2D eigenvalue weighted by molar-refractivity contribution is 5.94. The SMILES string of the molecule is Cc1[nH]c2ccc(Oc3cccc(C(=O)N4CCN(CCc5ccc6c(c5)OCO6)CC4)c3)cc2c1C. The van der Waals surface area contributed by atoms with Crippen molar-refractivity contribution in [2.24, 2.45) is 0 Å². The number of rotatable bonds is 6. The lowest BCUT2D eigenvalue weighted by Gasteiger charge is -2.34. The van der Waals surface area contributed by atoms with Gasteiger partial charge in [-0.15, -0.1) is 0 Å². The summed E-state index contributed by atoms with van der Waals surface area (Å²) >= 11 is 0. The zero-order valence-corrected chi connectivity index (χ0v) is 21.3. The maximum absolute atomic E-state index is 13.2. The molecule has 4 aromatic rings. The number of aromatic nitrogens is 1. The Morgan fingerprint density at radius 2 is 1.73 bits per heavy atom. The standard InChI is InChI=1S/C30H31N3O4/c1-20-21(2)31-27-8-7-25(18-26(20)27)37-24-5-3-4-23(17-24)30(34)33-14-12-32(13-15-33)11-10-22-6-9-28-29(16-22)36-19-35-28/h3-9,16-18,31H,10-15,19H2,1-2H3. The number of H-pyrrole nitrogens is 1. The van der Waals surface area contributed by atoms with E-state index in [1.54, 1.807) is 0 Å². The number of piperazine rings is 1. The number of hydrogen-bond donors (Lipinski definition) is 1. The van der Waals surface area contributed by atoms with Crippen LogP contribution >= 0.6 is 0 Å². The first kappa shape index (κ1) is 23.4. The van der Waals surface area contributed by atoms with Crippen molar-refractivity contribution in [2.75, 3.05) is 39.5 Å². The lowest BCUT2D eigenvalue weighted by Crippen LogP contribution is -2.49. The molecule has 2 aliphatic heterocycles. The van der Waals surface area contributed by atoms with Crippen molar-refractivity contribution < 1.29 is 19.0 Å². The minimum absolute atomic E-state index is 0.0495. The molecule has 0 atom stereocenters. The molecule has 3 heterocycles. The molecule has 6 rings (SSSR count). The third kappa shape index (κ3) is 4.87. The second-order valence-electron chi connectivity index (χ2n) is 9.78. The highest BCUT2D eigenvalue weighted by Crippen LogP contribution is 2.33. The van der Waals surface area contributed by atoms with Crippen LogP contribution in [0.1, 0.15) is 27.2 Å². The van der Waals surface area contributed by atoms with Gasteiger partial charge in [0.1, 0.15) is 11.5 Å². The predicted octanol–water partition coefficient (Wildman–Crippen LogP) is 5.31. The summed E-state index contributed by atoms with van der Waals surface area (Å²) < 4.78 is 17.0. The predicted molar refractivity (Wildman–Crippen MR) is 143 cm³/mol. The van der Waals surface area contributed by atoms with Crippen LogP contribution in [0, 0.1) is 13.8 Å². The van der Waals surface area contributed by atoms with Gasteiger partial charge in [-0.3, -0.25) is 9.69 Å². The number of carbonyl (C=O) groups excluding carboxylic acids is 1. The molecular weight excluding hydrogens is 466 g/mol. The zero-order chi connectivity index (χ0) is 25.4. The van der Waals surface area contributed by atoms with Crippen LogP contribution in [0.3, 0.4) is 0 Å². The van der Waals surface area contributed by atoms with Gasteiger partial charge in [0.05, 0.1) is 0 Å². The first-order chi connectivity index (χ1) is 18.0. The average Bonchev–Trinajstić information content (AvgIpc) is 3.51. The summed E-state index contributed by atoms with van der Waals surface area (Å²) in [7, 11) is 0. The Bertz CT molecular complexity index is 1450. The Balaban J connectivity index is 1.05. The maximum Gasteiger partial charge on any atom is 0.254 e. The fourth-order valence-corrected chi connectivity index (χ4v) is 5.07. The van der Waals surface area contributed by atoms with E-state index < -0.39 is 0 Å². The molecule has 0 aliphatic carbocycles. The first-order valence-corrected chi connectivity index (χ1v) is 12.8. The molecule has 7 heteroatoms. The summed E-state index contributed by atoms with van der Waals surface area (Å²) in [5.41, 5.74) is 5.37. The van der Waals surface area contributed by atoms with E-state index in [4.69, 9.17) is 14.2 Å². The van der Waals surface area contributed by atoms with Gasteiger partial charge < -0.3 is 24.1 Å². The van der Waals surface area contributed by atoms with Crippen LogP contribution in [0.5, 0.6) is 23.0 Å². The molecule has 190 valence electrons. The molecule has 1 saturated heterocycles. The molecule has 0 unspecified atom stereocenters. The number of aryl methyl sites for hydroxylation is 2. The number of hydrogen-bond acceptors (Lipinski definition) is 5. The maximum atomic E-state index is 13.2. The number of ether oxygens (including phenoxy) is 3. The van der Waals surface area contributed by atoms with E-state index in [2.05, 4.69) is 35.9 Å². The molecule has 1 fully saturated rings. The van der Waals surface area contributed by atoms with Crippen LogP contribution in [0.4, 0.5) is 0 Å². The van der Waals surface area contributed by atoms with Crippen molar-refractivity contribution in [1.29, 1.82) is 0 Å². The Morgan fingerprint density at radius 3 is 2.59 bits per heavy atom. The van der Waals surface area contributed by atoms with Gasteiger partial charge in [0.15, 0.2) is 11.5 Å². The van der Waals surface area contributed by atoms with Crippen LogP contribution in [-0.4, -0.2) is 60.2 Å². The Kier molecular flexibility index (Phi) is 6.22. The molecule has 0 radical (unpaired) electrons. The van der Waals surface area contributed by atoms with Crippen molar-refractivity contribution >= 4 is 16.8 Å². The highest BCUT2D eigenvalue weighted by atomic mass is 16.7. The second kappa shape index (κ2) is 9.82. The van der Waals surface area contributed by atoms with Crippen LogP contribution in [-0.2, 0) is 6.42 Å². The minimum Gasteiger partial charge on any atom is -0.457 e. The van der Waals surface area contributed by atoms with Gasteiger partial charge in [-0.05, 0) is 79.9 Å². The molecule has 1 amide bonds. The smallest absolute Gasteiger partial charge is 0.254 e. The molecule has 37 heavy (non-hydrogen) atoms. The third-order valence-corrected chi connectivity index (χ3v) is 7.41. The number of aromatic amines is 1. The van der Waals surface area contributed by atoms with E-state index in [1.165, 1.54) is 11.1 Å². The van der Waals surface area contributed by atoms with E-state index in [0.717, 1.165) is 59.9 Å². The van der Waals surface area contributed by atoms with Gasteiger partial charge in [0.2, 0.25) is 6.79 Å². The number of amides is 1. The fourth-order valence-electron chi connectivity index (χ4n) is 5.07. The van der Waals surface area contributed by atoms with Crippen LogP contribution in [0.2, 0.25) is 0 Å². The Labute approximate surface area is 216 Å². The topological polar surface area (TPSA) is 67.0 Å². The van der Waals surface area contributed by atoms with E-state index in [0.29, 0.717) is 31.2 Å². The van der Waals surface area contributed by atoms with Gasteiger partial charge >= 0.3 is 0 Å². The van der Waals surface area contributed by atoms with E-state index in [9.17, 15) is 4.79 Å². The lowest BCUT2D eigenvalue weighted by atomic mass is 10.1. The minimum atomic E-state index is 0.0495. The second-order valence-corrected chi connectivity index (χ2v) is 9.78. The third-order valence-electron chi connectivity index (χ3n) is 7.41. The fraction of sp³-hybridized carbons (Fsp3) is 0.300. The largest absolute Gasteiger partial charge is 0.457 e. The molecule has 0 saturated carbocycles. The van der Waals surface area contributed by atoms with Crippen molar-refractivity contribution in [1.82, 2.24) is 14.8 Å². The Hall–Kier alpha value is -3.97. The number of benzene rings is 3. The number of fused-ring (bicyclic) bond motifs is 2. The molecule has 0 spiro atoms. The molecule has 1 aromatic heterocycles. The number of nitrogens with zero attached hydrogens (tertiary/aromatic N) is 2. The van der Waals surface area contributed by atoms with Gasteiger partial charge in [0, 0.05) is 54.9 Å². The highest BCUT2D eigenvalue weighted by Gasteiger charge is 2.23. The van der Waals surface area contributed by atoms with Gasteiger partial charge in [-0.1, -0.05) is 12.1 Å². The van der Waals surface area contributed by atoms with Crippen LogP contribution in [0.25, 0.3) is 10.9 Å².